The van der Waals surface area contributed by atoms with Gasteiger partial charge < -0.3 is 11.1 Å². The van der Waals surface area contributed by atoms with Gasteiger partial charge in [-0.2, -0.15) is 0 Å². The van der Waals surface area contributed by atoms with Gasteiger partial charge in [0.1, 0.15) is 5.25 Å². The van der Waals surface area contributed by atoms with Crippen molar-refractivity contribution in [2.75, 3.05) is 11.1 Å². The van der Waals surface area contributed by atoms with Crippen LogP contribution in [0.1, 0.15) is 12.5 Å². The summed E-state index contributed by atoms with van der Waals surface area (Å²) in [5.74, 6) is -0.738. The normalized spacial score (nSPS) is 12.6. The van der Waals surface area contributed by atoms with Crippen LogP contribution in [0.2, 0.25) is 0 Å². The molecule has 0 aliphatic heterocycles. The first-order valence-corrected chi connectivity index (χ1v) is 8.52. The molecule has 1 unspecified atom stereocenters. The molecule has 3 N–H and O–H groups in total. The summed E-state index contributed by atoms with van der Waals surface area (Å²) in [6, 6.07) is 15.3. The molecule has 0 saturated carbocycles. The Bertz CT molecular complexity index is 741. The standard InChI is InChI=1S/C16H18N2O3S/c1-12(16(19)18-15-5-3-2-4-6-15)22(20,21)11-13-7-9-14(17)10-8-13/h2-10,12H,11,17H2,1H3,(H,18,19). The number of hydrogen-bond acceptors (Lipinski definition) is 4. The molecule has 0 heterocycles. The number of sulfone groups is 1. The molecule has 116 valence electrons. The van der Waals surface area contributed by atoms with Gasteiger partial charge in [0, 0.05) is 11.4 Å². The summed E-state index contributed by atoms with van der Waals surface area (Å²) >= 11 is 0. The molecule has 2 aromatic carbocycles. The van der Waals surface area contributed by atoms with Gasteiger partial charge in [0.2, 0.25) is 5.91 Å². The monoisotopic (exact) mass is 318 g/mol. The number of anilines is 2. The maximum absolute atomic E-state index is 12.3. The number of nitrogen functional groups attached to an aromatic ring is 1. The number of carbonyl (C=O) groups excluding carboxylic acids is 1. The zero-order valence-corrected chi connectivity index (χ0v) is 13.0. The lowest BCUT2D eigenvalue weighted by Crippen LogP contribution is -2.33. The van der Waals surface area contributed by atoms with Crippen LogP contribution in [-0.2, 0) is 20.4 Å². The third kappa shape index (κ3) is 4.08. The summed E-state index contributed by atoms with van der Waals surface area (Å²) in [6.45, 7) is 1.39. The largest absolute Gasteiger partial charge is 0.399 e. The average Bonchev–Trinajstić information content (AvgIpc) is 2.49. The molecule has 0 aromatic heterocycles. The maximum atomic E-state index is 12.3. The van der Waals surface area contributed by atoms with E-state index in [-0.39, 0.29) is 5.75 Å². The van der Waals surface area contributed by atoms with Gasteiger partial charge in [0.05, 0.1) is 5.75 Å². The lowest BCUT2D eigenvalue weighted by atomic mass is 10.2. The molecule has 0 fully saturated rings. The Balaban J connectivity index is 2.08. The molecule has 5 nitrogen and oxygen atoms in total. The summed E-state index contributed by atoms with van der Waals surface area (Å²) < 4.78 is 24.6. The van der Waals surface area contributed by atoms with Crippen LogP contribution in [-0.4, -0.2) is 19.6 Å². The summed E-state index contributed by atoms with van der Waals surface area (Å²) in [4.78, 5) is 12.1. The number of nitrogens with two attached hydrogens (primary N) is 1. The van der Waals surface area contributed by atoms with Gasteiger partial charge in [0.25, 0.3) is 0 Å². The van der Waals surface area contributed by atoms with Crippen LogP contribution in [0.25, 0.3) is 0 Å². The second kappa shape index (κ2) is 6.62. The zero-order chi connectivity index (χ0) is 16.2. The fraction of sp³-hybridized carbons (Fsp3) is 0.188. The minimum atomic E-state index is -3.60. The molecule has 2 rings (SSSR count). The molecule has 2 aromatic rings. The van der Waals surface area contributed by atoms with Crippen molar-refractivity contribution < 1.29 is 13.2 Å². The number of hydrogen-bond donors (Lipinski definition) is 2. The molecule has 1 amide bonds. The van der Waals surface area contributed by atoms with E-state index in [1.54, 1.807) is 48.5 Å². The zero-order valence-electron chi connectivity index (χ0n) is 12.2. The van der Waals surface area contributed by atoms with E-state index in [2.05, 4.69) is 5.32 Å². The van der Waals surface area contributed by atoms with Gasteiger partial charge in [0.15, 0.2) is 9.84 Å². The minimum absolute atomic E-state index is 0.198. The average molecular weight is 318 g/mol. The van der Waals surface area contributed by atoms with Gasteiger partial charge in [-0.05, 0) is 36.8 Å². The van der Waals surface area contributed by atoms with Crippen LogP contribution in [0, 0.1) is 0 Å². The van der Waals surface area contributed by atoms with E-state index in [4.69, 9.17) is 5.73 Å². The Morgan fingerprint density at radius 3 is 2.27 bits per heavy atom. The highest BCUT2D eigenvalue weighted by Gasteiger charge is 2.28. The summed E-state index contributed by atoms with van der Waals surface area (Å²) in [6.07, 6.45) is 0. The van der Waals surface area contributed by atoms with Gasteiger partial charge in [-0.15, -0.1) is 0 Å². The molecule has 0 saturated heterocycles. The molecule has 0 aliphatic rings. The number of rotatable bonds is 5. The Morgan fingerprint density at radius 1 is 1.09 bits per heavy atom. The van der Waals surface area contributed by atoms with Crippen LogP contribution in [0.5, 0.6) is 0 Å². The maximum Gasteiger partial charge on any atom is 0.242 e. The van der Waals surface area contributed by atoms with Crippen molar-refractivity contribution in [1.82, 2.24) is 0 Å². The highest BCUT2D eigenvalue weighted by atomic mass is 32.2. The van der Waals surface area contributed by atoms with Crippen molar-refractivity contribution in [1.29, 1.82) is 0 Å². The topological polar surface area (TPSA) is 89.3 Å². The molecule has 0 spiro atoms. The Hall–Kier alpha value is -2.34. The third-order valence-electron chi connectivity index (χ3n) is 3.30. The second-order valence-electron chi connectivity index (χ2n) is 5.05. The van der Waals surface area contributed by atoms with E-state index < -0.39 is 21.0 Å². The number of nitrogens with one attached hydrogen (secondary N) is 1. The van der Waals surface area contributed by atoms with Gasteiger partial charge >= 0.3 is 0 Å². The quantitative estimate of drug-likeness (QED) is 0.827. The van der Waals surface area contributed by atoms with E-state index in [1.165, 1.54) is 6.92 Å². The van der Waals surface area contributed by atoms with Crippen LogP contribution in [0.15, 0.2) is 54.6 Å². The number of amides is 1. The van der Waals surface area contributed by atoms with E-state index in [0.717, 1.165) is 0 Å². The van der Waals surface area contributed by atoms with Crippen molar-refractivity contribution in [3.8, 4) is 0 Å². The number of benzene rings is 2. The molecular formula is C16H18N2O3S. The van der Waals surface area contributed by atoms with Gasteiger partial charge in [-0.1, -0.05) is 30.3 Å². The van der Waals surface area contributed by atoms with Crippen molar-refractivity contribution in [3.05, 3.63) is 60.2 Å². The van der Waals surface area contributed by atoms with Gasteiger partial charge in [-0.25, -0.2) is 8.42 Å². The smallest absolute Gasteiger partial charge is 0.242 e. The van der Waals surface area contributed by atoms with Crippen molar-refractivity contribution in [2.45, 2.75) is 17.9 Å². The first-order chi connectivity index (χ1) is 10.4. The predicted octanol–water partition coefficient (Wildman–Crippen LogP) is 2.21. The Labute approximate surface area is 130 Å². The third-order valence-corrected chi connectivity index (χ3v) is 5.32. The Kier molecular flexibility index (Phi) is 4.82. The number of para-hydroxylation sites is 1. The molecular weight excluding hydrogens is 300 g/mol. The predicted molar refractivity (Wildman–Crippen MR) is 88.0 cm³/mol. The van der Waals surface area contributed by atoms with Crippen molar-refractivity contribution in [3.63, 3.8) is 0 Å². The van der Waals surface area contributed by atoms with E-state index in [1.807, 2.05) is 6.07 Å². The first-order valence-electron chi connectivity index (χ1n) is 6.80. The second-order valence-corrected chi connectivity index (χ2v) is 7.37. The molecule has 22 heavy (non-hydrogen) atoms. The van der Waals surface area contributed by atoms with Crippen LogP contribution in [0.4, 0.5) is 11.4 Å². The highest BCUT2D eigenvalue weighted by Crippen LogP contribution is 2.15. The summed E-state index contributed by atoms with van der Waals surface area (Å²) in [5.41, 5.74) is 7.31. The number of carbonyl (C=O) groups is 1. The van der Waals surface area contributed by atoms with E-state index in [9.17, 15) is 13.2 Å². The van der Waals surface area contributed by atoms with Crippen LogP contribution in [0.3, 0.4) is 0 Å². The lowest BCUT2D eigenvalue weighted by Gasteiger charge is -2.13. The van der Waals surface area contributed by atoms with Crippen molar-refractivity contribution >= 4 is 27.1 Å². The molecule has 0 radical (unpaired) electrons. The lowest BCUT2D eigenvalue weighted by molar-refractivity contribution is -0.115. The fourth-order valence-corrected chi connectivity index (χ4v) is 3.19. The van der Waals surface area contributed by atoms with E-state index in [0.29, 0.717) is 16.9 Å². The first kappa shape index (κ1) is 16.0. The molecule has 0 aliphatic carbocycles. The summed E-state index contributed by atoms with van der Waals surface area (Å²) in [7, 11) is -3.60. The van der Waals surface area contributed by atoms with Crippen LogP contribution >= 0.6 is 0 Å². The molecule has 6 heteroatoms. The minimum Gasteiger partial charge on any atom is -0.399 e. The molecule has 0 bridgehead atoms. The SMILES string of the molecule is CC(C(=O)Nc1ccccc1)S(=O)(=O)Cc1ccc(N)cc1. The highest BCUT2D eigenvalue weighted by molar-refractivity contribution is 7.92. The van der Waals surface area contributed by atoms with Crippen LogP contribution < -0.4 is 11.1 Å². The van der Waals surface area contributed by atoms with Crippen molar-refractivity contribution in [2.24, 2.45) is 0 Å². The van der Waals surface area contributed by atoms with E-state index >= 15 is 0 Å². The summed E-state index contributed by atoms with van der Waals surface area (Å²) in [5, 5.41) is 1.47. The fourth-order valence-electron chi connectivity index (χ4n) is 1.90. The Morgan fingerprint density at radius 2 is 1.68 bits per heavy atom. The van der Waals surface area contributed by atoms with Gasteiger partial charge in [-0.3, -0.25) is 4.79 Å². The molecule has 1 atom stereocenters.